The van der Waals surface area contributed by atoms with Crippen LogP contribution in [0.25, 0.3) is 0 Å². The summed E-state index contributed by atoms with van der Waals surface area (Å²) in [5, 5.41) is 2.61. The van der Waals surface area contributed by atoms with E-state index in [9.17, 15) is 18.0 Å². The number of furan rings is 1. The van der Waals surface area contributed by atoms with Crippen molar-refractivity contribution < 1.29 is 27.2 Å². The largest absolute Gasteiger partial charge is 0.467 e. The first-order chi connectivity index (χ1) is 15.4. The second-order valence-corrected chi connectivity index (χ2v) is 10.2. The van der Waals surface area contributed by atoms with Gasteiger partial charge in [-0.05, 0) is 73.9 Å². The molecule has 1 saturated heterocycles. The van der Waals surface area contributed by atoms with E-state index in [1.807, 2.05) is 12.1 Å². The number of rotatable bonds is 7. The molecule has 4 rings (SSSR count). The van der Waals surface area contributed by atoms with Crippen molar-refractivity contribution in [1.82, 2.24) is 9.62 Å². The molecule has 0 spiro atoms. The fourth-order valence-corrected chi connectivity index (χ4v) is 5.78. The average Bonchev–Trinajstić information content (AvgIpc) is 3.34. The third-order valence-corrected chi connectivity index (χ3v) is 8.03. The molecule has 1 aromatic carbocycles. The quantitative estimate of drug-likeness (QED) is 0.636. The molecule has 1 aliphatic heterocycles. The zero-order valence-electron chi connectivity index (χ0n) is 17.9. The van der Waals surface area contributed by atoms with Crippen LogP contribution in [0.3, 0.4) is 0 Å². The van der Waals surface area contributed by atoms with E-state index in [0.717, 1.165) is 31.2 Å². The van der Waals surface area contributed by atoms with E-state index in [2.05, 4.69) is 5.32 Å². The molecule has 9 heteroatoms. The van der Waals surface area contributed by atoms with Crippen molar-refractivity contribution in [3.8, 4) is 0 Å². The van der Waals surface area contributed by atoms with Crippen molar-refractivity contribution >= 4 is 21.9 Å². The van der Waals surface area contributed by atoms with Gasteiger partial charge < -0.3 is 14.5 Å². The summed E-state index contributed by atoms with van der Waals surface area (Å²) in [4.78, 5) is 24.5. The minimum atomic E-state index is -3.59. The third-order valence-electron chi connectivity index (χ3n) is 6.13. The van der Waals surface area contributed by atoms with Crippen LogP contribution in [-0.4, -0.2) is 44.3 Å². The molecule has 1 N–H and O–H groups in total. The number of hydrogen-bond acceptors (Lipinski definition) is 6. The van der Waals surface area contributed by atoms with E-state index in [4.69, 9.17) is 9.15 Å². The molecule has 172 valence electrons. The second-order valence-electron chi connectivity index (χ2n) is 8.28. The molecular weight excluding hydrogens is 432 g/mol. The van der Waals surface area contributed by atoms with Gasteiger partial charge in [0.15, 0.2) is 6.61 Å². The van der Waals surface area contributed by atoms with E-state index in [-0.39, 0.29) is 26.2 Å². The predicted octanol–water partition coefficient (Wildman–Crippen LogP) is 2.42. The van der Waals surface area contributed by atoms with Crippen LogP contribution in [0.1, 0.15) is 42.6 Å². The molecule has 1 fully saturated rings. The van der Waals surface area contributed by atoms with Crippen LogP contribution in [0.5, 0.6) is 0 Å². The number of fused-ring (bicyclic) bond motifs is 1. The lowest BCUT2D eigenvalue weighted by Gasteiger charge is -2.30. The fraction of sp³-hybridized carbons (Fsp3) is 0.478. The normalized spacial score (nSPS) is 17.5. The number of amides is 1. The molecule has 0 radical (unpaired) electrons. The minimum Gasteiger partial charge on any atom is -0.467 e. The molecule has 2 aliphatic rings. The summed E-state index contributed by atoms with van der Waals surface area (Å²) < 4.78 is 37.9. The van der Waals surface area contributed by atoms with Gasteiger partial charge in [0.1, 0.15) is 5.76 Å². The standard InChI is InChI=1S/C23H28N2O6S/c26-22(24-15-20-6-3-13-30-20)16-31-23(27)18-9-11-25(12-10-18)32(28,29)21-8-7-17-4-1-2-5-19(17)14-21/h3,6-8,13-14,18H,1-2,4-5,9-12,15-16H2,(H,24,26). The van der Waals surface area contributed by atoms with Crippen LogP contribution >= 0.6 is 0 Å². The van der Waals surface area contributed by atoms with E-state index >= 15 is 0 Å². The summed E-state index contributed by atoms with van der Waals surface area (Å²) in [6.45, 7) is 0.364. The maximum Gasteiger partial charge on any atom is 0.309 e. The van der Waals surface area contributed by atoms with Crippen molar-refractivity contribution in [2.75, 3.05) is 19.7 Å². The summed E-state index contributed by atoms with van der Waals surface area (Å²) in [5.41, 5.74) is 2.37. The molecule has 0 unspecified atom stereocenters. The molecule has 0 atom stereocenters. The van der Waals surface area contributed by atoms with Gasteiger partial charge in [-0.25, -0.2) is 8.42 Å². The first kappa shape index (κ1) is 22.5. The summed E-state index contributed by atoms with van der Waals surface area (Å²) in [5.74, 6) is -0.689. The zero-order chi connectivity index (χ0) is 22.6. The molecular formula is C23H28N2O6S. The molecule has 2 heterocycles. The van der Waals surface area contributed by atoms with Gasteiger partial charge in [0, 0.05) is 13.1 Å². The number of benzene rings is 1. The molecule has 0 bridgehead atoms. The molecule has 1 aromatic heterocycles. The Balaban J connectivity index is 1.26. The Kier molecular flexibility index (Phi) is 6.95. The highest BCUT2D eigenvalue weighted by molar-refractivity contribution is 7.89. The molecule has 8 nitrogen and oxygen atoms in total. The highest BCUT2D eigenvalue weighted by Gasteiger charge is 2.33. The van der Waals surface area contributed by atoms with Crippen molar-refractivity contribution in [1.29, 1.82) is 0 Å². The number of carbonyl (C=O) groups is 2. The van der Waals surface area contributed by atoms with E-state index < -0.39 is 27.8 Å². The molecule has 1 aliphatic carbocycles. The van der Waals surface area contributed by atoms with Gasteiger partial charge in [-0.3, -0.25) is 9.59 Å². The molecule has 2 aromatic rings. The van der Waals surface area contributed by atoms with Crippen LogP contribution in [-0.2, 0) is 43.7 Å². The Labute approximate surface area is 188 Å². The number of carbonyl (C=O) groups excluding carboxylic acids is 2. The van der Waals surface area contributed by atoms with Gasteiger partial charge in [-0.1, -0.05) is 6.07 Å². The van der Waals surface area contributed by atoms with Gasteiger partial charge in [-0.2, -0.15) is 4.31 Å². The highest BCUT2D eigenvalue weighted by Crippen LogP contribution is 2.28. The number of sulfonamides is 1. The number of nitrogens with zero attached hydrogens (tertiary/aromatic N) is 1. The first-order valence-corrected chi connectivity index (χ1v) is 12.4. The number of ether oxygens (including phenoxy) is 1. The summed E-state index contributed by atoms with van der Waals surface area (Å²) in [7, 11) is -3.59. The maximum absolute atomic E-state index is 13.1. The molecule has 0 saturated carbocycles. The number of esters is 1. The monoisotopic (exact) mass is 460 g/mol. The van der Waals surface area contributed by atoms with Gasteiger partial charge in [0.25, 0.3) is 5.91 Å². The number of aryl methyl sites for hydroxylation is 2. The number of nitrogens with one attached hydrogen (secondary N) is 1. The van der Waals surface area contributed by atoms with Crippen molar-refractivity contribution in [3.05, 3.63) is 53.5 Å². The van der Waals surface area contributed by atoms with E-state index in [0.29, 0.717) is 23.5 Å². The van der Waals surface area contributed by atoms with Crippen LogP contribution < -0.4 is 5.32 Å². The predicted molar refractivity (Wildman–Crippen MR) is 116 cm³/mol. The van der Waals surface area contributed by atoms with Crippen LogP contribution in [0.2, 0.25) is 0 Å². The van der Waals surface area contributed by atoms with Gasteiger partial charge in [-0.15, -0.1) is 0 Å². The number of piperidine rings is 1. The van der Waals surface area contributed by atoms with Gasteiger partial charge in [0.2, 0.25) is 10.0 Å². The van der Waals surface area contributed by atoms with E-state index in [1.165, 1.54) is 16.1 Å². The first-order valence-electron chi connectivity index (χ1n) is 11.0. The average molecular weight is 461 g/mol. The lowest BCUT2D eigenvalue weighted by molar-refractivity contribution is -0.153. The van der Waals surface area contributed by atoms with Gasteiger partial charge >= 0.3 is 5.97 Å². The van der Waals surface area contributed by atoms with Crippen LogP contribution in [0.15, 0.2) is 45.9 Å². The Bertz CT molecular complexity index is 1060. The smallest absolute Gasteiger partial charge is 0.309 e. The van der Waals surface area contributed by atoms with Crippen molar-refractivity contribution in [3.63, 3.8) is 0 Å². The van der Waals surface area contributed by atoms with Crippen molar-refractivity contribution in [2.45, 2.75) is 50.0 Å². The maximum atomic E-state index is 13.1. The van der Waals surface area contributed by atoms with Crippen LogP contribution in [0.4, 0.5) is 0 Å². The summed E-state index contributed by atoms with van der Waals surface area (Å²) in [6.07, 6.45) is 6.42. The SMILES string of the molecule is O=C(COC(=O)C1CCN(S(=O)(=O)c2ccc3c(c2)CCCC3)CC1)NCc1ccco1. The zero-order valence-corrected chi connectivity index (χ0v) is 18.7. The summed E-state index contributed by atoms with van der Waals surface area (Å²) in [6, 6.07) is 8.90. The van der Waals surface area contributed by atoms with E-state index in [1.54, 1.807) is 18.2 Å². The minimum absolute atomic E-state index is 0.225. The molecule has 32 heavy (non-hydrogen) atoms. The Hall–Kier alpha value is -2.65. The lowest BCUT2D eigenvalue weighted by Crippen LogP contribution is -2.41. The Morgan fingerprint density at radius 3 is 2.56 bits per heavy atom. The van der Waals surface area contributed by atoms with Gasteiger partial charge in [0.05, 0.1) is 23.6 Å². The van der Waals surface area contributed by atoms with Crippen molar-refractivity contribution in [2.24, 2.45) is 5.92 Å². The second kappa shape index (κ2) is 9.87. The Morgan fingerprint density at radius 1 is 1.09 bits per heavy atom. The van der Waals surface area contributed by atoms with Crippen LogP contribution in [0, 0.1) is 5.92 Å². The molecule has 1 amide bonds. The highest BCUT2D eigenvalue weighted by atomic mass is 32.2. The number of hydrogen-bond donors (Lipinski definition) is 1. The Morgan fingerprint density at radius 2 is 1.84 bits per heavy atom. The fourth-order valence-electron chi connectivity index (χ4n) is 4.26. The topological polar surface area (TPSA) is 106 Å². The summed E-state index contributed by atoms with van der Waals surface area (Å²) >= 11 is 0. The third kappa shape index (κ3) is 5.21. The lowest BCUT2D eigenvalue weighted by atomic mass is 9.92.